The van der Waals surface area contributed by atoms with Crippen LogP contribution in [0.2, 0.25) is 0 Å². The maximum absolute atomic E-state index is 12.7. The lowest BCUT2D eigenvalue weighted by Crippen LogP contribution is -2.37. The number of carbonyl (C=O) groups is 3. The molecule has 0 unspecified atom stereocenters. The molecule has 8 heteroatoms. The minimum absolute atomic E-state index is 0.0789. The smallest absolute Gasteiger partial charge is 0.325 e. The summed E-state index contributed by atoms with van der Waals surface area (Å²) in [5.41, 5.74) is 1.70. The summed E-state index contributed by atoms with van der Waals surface area (Å²) in [5, 5.41) is 2.61. The van der Waals surface area contributed by atoms with Crippen molar-refractivity contribution < 1.29 is 23.9 Å². The van der Waals surface area contributed by atoms with Gasteiger partial charge in [0.15, 0.2) is 11.5 Å². The van der Waals surface area contributed by atoms with Gasteiger partial charge in [0, 0.05) is 13.6 Å². The highest BCUT2D eigenvalue weighted by molar-refractivity contribution is 6.05. The maximum Gasteiger partial charge on any atom is 0.325 e. The molecule has 1 heterocycles. The monoisotopic (exact) mass is 411 g/mol. The molecule has 2 aromatic rings. The van der Waals surface area contributed by atoms with Crippen molar-refractivity contribution in [3.05, 3.63) is 59.7 Å². The predicted molar refractivity (Wildman–Crippen MR) is 110 cm³/mol. The van der Waals surface area contributed by atoms with E-state index in [0.29, 0.717) is 23.6 Å². The van der Waals surface area contributed by atoms with Gasteiger partial charge in [-0.2, -0.15) is 0 Å². The number of urea groups is 1. The van der Waals surface area contributed by atoms with Crippen LogP contribution in [0, 0.1) is 0 Å². The fourth-order valence-electron chi connectivity index (χ4n) is 3.30. The van der Waals surface area contributed by atoms with E-state index in [9.17, 15) is 14.4 Å². The summed E-state index contributed by atoms with van der Waals surface area (Å²) in [4.78, 5) is 40.3. The first-order valence-electron chi connectivity index (χ1n) is 9.53. The first-order chi connectivity index (χ1) is 14.4. The molecular formula is C22H25N3O5. The van der Waals surface area contributed by atoms with Crippen LogP contribution in [0.25, 0.3) is 0 Å². The molecule has 0 saturated carbocycles. The molecule has 0 aliphatic carbocycles. The lowest BCUT2D eigenvalue weighted by molar-refractivity contribution is -0.135. The number of rotatable bonds is 8. The van der Waals surface area contributed by atoms with Crippen molar-refractivity contribution in [2.75, 3.05) is 21.3 Å². The summed E-state index contributed by atoms with van der Waals surface area (Å²) in [7, 11) is 4.73. The van der Waals surface area contributed by atoms with E-state index in [1.807, 2.05) is 30.3 Å². The molecule has 1 aliphatic rings. The first kappa shape index (κ1) is 21.2. The van der Waals surface area contributed by atoms with Gasteiger partial charge < -0.3 is 19.7 Å². The fourth-order valence-corrected chi connectivity index (χ4v) is 3.30. The SMILES string of the molecule is COc1ccc(CN2C(=O)N[C@@H](CC(=O)N(C)Cc3ccccc3)C2=O)cc1OC. The Kier molecular flexibility index (Phi) is 6.56. The van der Waals surface area contributed by atoms with E-state index in [1.54, 1.807) is 30.1 Å². The van der Waals surface area contributed by atoms with Crippen molar-refractivity contribution in [2.45, 2.75) is 25.6 Å². The van der Waals surface area contributed by atoms with Crippen LogP contribution in [0.3, 0.4) is 0 Å². The molecule has 1 saturated heterocycles. The van der Waals surface area contributed by atoms with Crippen LogP contribution in [0.4, 0.5) is 4.79 Å². The van der Waals surface area contributed by atoms with Gasteiger partial charge in [0.05, 0.1) is 27.2 Å². The molecule has 30 heavy (non-hydrogen) atoms. The Hall–Kier alpha value is -3.55. The average molecular weight is 411 g/mol. The van der Waals surface area contributed by atoms with Crippen molar-refractivity contribution in [3.63, 3.8) is 0 Å². The van der Waals surface area contributed by atoms with E-state index in [1.165, 1.54) is 14.2 Å². The number of benzene rings is 2. The van der Waals surface area contributed by atoms with Gasteiger partial charge in [0.1, 0.15) is 6.04 Å². The molecule has 1 aliphatic heterocycles. The Labute approximate surface area is 175 Å². The second-order valence-corrected chi connectivity index (χ2v) is 7.06. The Morgan fingerprint density at radius 3 is 2.40 bits per heavy atom. The topological polar surface area (TPSA) is 88.2 Å². The Balaban J connectivity index is 1.62. The fraction of sp³-hybridized carbons (Fsp3) is 0.318. The van der Waals surface area contributed by atoms with Crippen LogP contribution in [-0.2, 0) is 22.7 Å². The number of amides is 4. The third-order valence-corrected chi connectivity index (χ3v) is 4.96. The van der Waals surface area contributed by atoms with Gasteiger partial charge >= 0.3 is 6.03 Å². The second kappa shape index (κ2) is 9.30. The van der Waals surface area contributed by atoms with Crippen molar-refractivity contribution in [1.29, 1.82) is 0 Å². The number of nitrogens with one attached hydrogen (secondary N) is 1. The minimum Gasteiger partial charge on any atom is -0.493 e. The molecular weight excluding hydrogens is 386 g/mol. The highest BCUT2D eigenvalue weighted by Gasteiger charge is 2.39. The highest BCUT2D eigenvalue weighted by Crippen LogP contribution is 2.28. The zero-order valence-electron chi connectivity index (χ0n) is 17.3. The van der Waals surface area contributed by atoms with Crippen LogP contribution in [-0.4, -0.2) is 55.0 Å². The highest BCUT2D eigenvalue weighted by atomic mass is 16.5. The van der Waals surface area contributed by atoms with Crippen molar-refractivity contribution in [2.24, 2.45) is 0 Å². The number of methoxy groups -OCH3 is 2. The standard InChI is InChI=1S/C22H25N3O5/c1-24(13-15-7-5-4-6-8-15)20(26)12-17-21(27)25(22(28)23-17)14-16-9-10-18(29-2)19(11-16)30-3/h4-11,17H,12-14H2,1-3H3,(H,23,28)/t17-/m0/s1. The Morgan fingerprint density at radius 2 is 1.73 bits per heavy atom. The summed E-state index contributed by atoms with van der Waals surface area (Å²) in [6, 6.07) is 13.4. The van der Waals surface area contributed by atoms with Gasteiger partial charge in [0.25, 0.3) is 5.91 Å². The average Bonchev–Trinajstić information content (AvgIpc) is 3.01. The second-order valence-electron chi connectivity index (χ2n) is 7.06. The first-order valence-corrected chi connectivity index (χ1v) is 9.53. The van der Waals surface area contributed by atoms with E-state index < -0.39 is 18.0 Å². The van der Waals surface area contributed by atoms with Crippen molar-refractivity contribution in [3.8, 4) is 11.5 Å². The van der Waals surface area contributed by atoms with Crippen LogP contribution in [0.1, 0.15) is 17.5 Å². The van der Waals surface area contributed by atoms with E-state index in [0.717, 1.165) is 10.5 Å². The number of nitrogens with zero attached hydrogens (tertiary/aromatic N) is 2. The summed E-state index contributed by atoms with van der Waals surface area (Å²) < 4.78 is 10.5. The van der Waals surface area contributed by atoms with E-state index >= 15 is 0 Å². The van der Waals surface area contributed by atoms with Gasteiger partial charge in [-0.05, 0) is 23.3 Å². The molecule has 1 atom stereocenters. The molecule has 0 radical (unpaired) electrons. The molecule has 4 amide bonds. The molecule has 1 fully saturated rings. The van der Waals surface area contributed by atoms with E-state index in [-0.39, 0.29) is 18.9 Å². The molecule has 2 aromatic carbocycles. The molecule has 158 valence electrons. The molecule has 3 rings (SSSR count). The van der Waals surface area contributed by atoms with Crippen molar-refractivity contribution >= 4 is 17.8 Å². The lowest BCUT2D eigenvalue weighted by Gasteiger charge is -2.19. The largest absolute Gasteiger partial charge is 0.493 e. The van der Waals surface area contributed by atoms with Crippen LogP contribution < -0.4 is 14.8 Å². The van der Waals surface area contributed by atoms with Gasteiger partial charge in [-0.15, -0.1) is 0 Å². The Morgan fingerprint density at radius 1 is 1.03 bits per heavy atom. The van der Waals surface area contributed by atoms with Gasteiger partial charge in [-0.3, -0.25) is 14.5 Å². The lowest BCUT2D eigenvalue weighted by atomic mass is 10.1. The molecule has 0 aromatic heterocycles. The van der Waals surface area contributed by atoms with E-state index in [4.69, 9.17) is 9.47 Å². The number of carbonyl (C=O) groups excluding carboxylic acids is 3. The number of ether oxygens (including phenoxy) is 2. The van der Waals surface area contributed by atoms with Gasteiger partial charge in [-0.25, -0.2) is 4.79 Å². The zero-order chi connectivity index (χ0) is 21.7. The predicted octanol–water partition coefficient (Wildman–Crippen LogP) is 2.17. The summed E-state index contributed by atoms with van der Waals surface area (Å²) >= 11 is 0. The third kappa shape index (κ3) is 4.71. The van der Waals surface area contributed by atoms with Gasteiger partial charge in [0.2, 0.25) is 5.91 Å². The van der Waals surface area contributed by atoms with Gasteiger partial charge in [-0.1, -0.05) is 36.4 Å². The maximum atomic E-state index is 12.7. The number of hydrogen-bond donors (Lipinski definition) is 1. The molecule has 8 nitrogen and oxygen atoms in total. The summed E-state index contributed by atoms with van der Waals surface area (Å²) in [6.07, 6.45) is -0.0870. The van der Waals surface area contributed by atoms with Crippen LogP contribution >= 0.6 is 0 Å². The number of imide groups is 1. The third-order valence-electron chi connectivity index (χ3n) is 4.96. The molecule has 0 bridgehead atoms. The molecule has 1 N–H and O–H groups in total. The Bertz CT molecular complexity index is 932. The quantitative estimate of drug-likeness (QED) is 0.673. The van der Waals surface area contributed by atoms with Crippen molar-refractivity contribution in [1.82, 2.24) is 15.1 Å². The summed E-state index contributed by atoms with van der Waals surface area (Å²) in [6.45, 7) is 0.513. The minimum atomic E-state index is -0.872. The van der Waals surface area contributed by atoms with E-state index in [2.05, 4.69) is 5.32 Å². The van der Waals surface area contributed by atoms with Crippen LogP contribution in [0.15, 0.2) is 48.5 Å². The normalized spacial score (nSPS) is 15.7. The number of hydrogen-bond acceptors (Lipinski definition) is 5. The summed E-state index contributed by atoms with van der Waals surface area (Å²) in [5.74, 6) is 0.432. The van der Waals surface area contributed by atoms with Crippen LogP contribution in [0.5, 0.6) is 11.5 Å². The zero-order valence-corrected chi connectivity index (χ0v) is 17.3. The molecule has 0 spiro atoms.